The van der Waals surface area contributed by atoms with Crippen molar-refractivity contribution in [1.82, 2.24) is 9.62 Å². The molecule has 7 nitrogen and oxygen atoms in total. The van der Waals surface area contributed by atoms with Gasteiger partial charge in [0.1, 0.15) is 5.82 Å². The summed E-state index contributed by atoms with van der Waals surface area (Å²) < 4.78 is 40.2. The van der Waals surface area contributed by atoms with Gasteiger partial charge >= 0.3 is 0 Å². The van der Waals surface area contributed by atoms with Crippen molar-refractivity contribution in [1.29, 1.82) is 0 Å². The van der Waals surface area contributed by atoms with Gasteiger partial charge in [-0.15, -0.1) is 0 Å². The molecule has 1 saturated heterocycles. The van der Waals surface area contributed by atoms with Crippen molar-refractivity contribution in [2.45, 2.75) is 30.7 Å². The first-order valence-electron chi connectivity index (χ1n) is 6.88. The highest BCUT2D eigenvalue weighted by Crippen LogP contribution is 2.28. The van der Waals surface area contributed by atoms with Crippen LogP contribution in [-0.4, -0.2) is 43.8 Å². The Morgan fingerprint density at radius 3 is 2.50 bits per heavy atom. The zero-order valence-electron chi connectivity index (χ0n) is 12.4. The third kappa shape index (κ3) is 3.11. The fourth-order valence-corrected chi connectivity index (χ4v) is 3.96. The van der Waals surface area contributed by atoms with Crippen molar-refractivity contribution in [2.75, 3.05) is 20.1 Å². The summed E-state index contributed by atoms with van der Waals surface area (Å²) in [6.07, 6.45) is 1.29. The highest BCUT2D eigenvalue weighted by Gasteiger charge is 2.31. The molecule has 0 amide bonds. The number of hydrogen-bond donors (Lipinski definition) is 1. The Labute approximate surface area is 128 Å². The number of nitrogens with zero attached hydrogens (tertiary/aromatic N) is 2. The molecule has 22 heavy (non-hydrogen) atoms. The van der Waals surface area contributed by atoms with Crippen molar-refractivity contribution in [3.8, 4) is 0 Å². The predicted molar refractivity (Wildman–Crippen MR) is 78.6 cm³/mol. The molecule has 0 atom stereocenters. The lowest BCUT2D eigenvalue weighted by Crippen LogP contribution is -2.43. The maximum atomic E-state index is 13.8. The highest BCUT2D eigenvalue weighted by atomic mass is 32.2. The molecule has 9 heteroatoms. The minimum atomic E-state index is -3.97. The molecule has 0 aromatic heterocycles. The van der Waals surface area contributed by atoms with Crippen LogP contribution in [0.25, 0.3) is 0 Å². The molecule has 0 radical (unpaired) electrons. The Morgan fingerprint density at radius 2 is 1.95 bits per heavy atom. The van der Waals surface area contributed by atoms with Crippen LogP contribution in [-0.2, 0) is 10.0 Å². The molecule has 1 N–H and O–H groups in total. The van der Waals surface area contributed by atoms with Gasteiger partial charge in [0.05, 0.1) is 15.4 Å². The average Bonchev–Trinajstić information content (AvgIpc) is 2.49. The minimum Gasteiger partial charge on any atom is -0.317 e. The molecule has 1 aromatic carbocycles. The standard InChI is InChI=1S/C13H18FN3O4S/c1-9-12(14)7-11(8-13(9)17(18)19)22(20,21)16(2)10-3-5-15-6-4-10/h7-8,10,15H,3-6H2,1-2H3. The smallest absolute Gasteiger partial charge is 0.276 e. The molecule has 0 saturated carbocycles. The monoisotopic (exact) mass is 331 g/mol. The number of hydrogen-bond acceptors (Lipinski definition) is 5. The van der Waals surface area contributed by atoms with E-state index in [1.165, 1.54) is 18.3 Å². The number of nitro benzene ring substituents is 1. The SMILES string of the molecule is Cc1c(F)cc(S(=O)(=O)N(C)C2CCNCC2)cc1[N+](=O)[O-]. The quantitative estimate of drug-likeness (QED) is 0.665. The van der Waals surface area contributed by atoms with E-state index in [2.05, 4.69) is 5.32 Å². The molecule has 1 aliphatic heterocycles. The molecule has 1 aromatic rings. The summed E-state index contributed by atoms with van der Waals surface area (Å²) in [5, 5.41) is 14.1. The second kappa shape index (κ2) is 6.27. The van der Waals surface area contributed by atoms with Crippen molar-refractivity contribution in [2.24, 2.45) is 0 Å². The van der Waals surface area contributed by atoms with Crippen LogP contribution in [0, 0.1) is 22.9 Å². The summed E-state index contributed by atoms with van der Waals surface area (Å²) >= 11 is 0. The molecule has 2 rings (SSSR count). The first-order valence-corrected chi connectivity index (χ1v) is 8.32. The molecule has 1 aliphatic rings. The van der Waals surface area contributed by atoms with Crippen LogP contribution in [0.1, 0.15) is 18.4 Å². The molecular formula is C13H18FN3O4S. The van der Waals surface area contributed by atoms with Crippen LogP contribution >= 0.6 is 0 Å². The molecule has 0 spiro atoms. The minimum absolute atomic E-state index is 0.173. The third-order valence-corrected chi connectivity index (χ3v) is 5.87. The lowest BCUT2D eigenvalue weighted by molar-refractivity contribution is -0.385. The van der Waals surface area contributed by atoms with Gasteiger partial charge in [-0.2, -0.15) is 4.31 Å². The van der Waals surface area contributed by atoms with E-state index < -0.39 is 26.5 Å². The van der Waals surface area contributed by atoms with E-state index in [4.69, 9.17) is 0 Å². The molecule has 1 heterocycles. The zero-order chi connectivity index (χ0) is 16.5. The lowest BCUT2D eigenvalue weighted by atomic mass is 10.1. The van der Waals surface area contributed by atoms with Gasteiger partial charge < -0.3 is 5.32 Å². The molecule has 1 fully saturated rings. The number of nitro groups is 1. The molecule has 0 bridgehead atoms. The van der Waals surface area contributed by atoms with Crippen LogP contribution < -0.4 is 5.32 Å². The van der Waals surface area contributed by atoms with Gasteiger partial charge in [-0.05, 0) is 38.9 Å². The van der Waals surface area contributed by atoms with Gasteiger partial charge in [0, 0.05) is 19.2 Å². The topological polar surface area (TPSA) is 92.6 Å². The van der Waals surface area contributed by atoms with Gasteiger partial charge in [-0.25, -0.2) is 12.8 Å². The molecule has 0 unspecified atom stereocenters. The van der Waals surface area contributed by atoms with E-state index in [1.54, 1.807) is 0 Å². The average molecular weight is 331 g/mol. The summed E-state index contributed by atoms with van der Waals surface area (Å²) in [4.78, 5) is 9.79. The summed E-state index contributed by atoms with van der Waals surface area (Å²) in [5.41, 5.74) is -0.703. The predicted octanol–water partition coefficient (Wildman–Crippen LogP) is 1.41. The Hall–Kier alpha value is -1.58. The number of nitrogens with one attached hydrogen (secondary N) is 1. The molecule has 122 valence electrons. The second-order valence-corrected chi connectivity index (χ2v) is 7.31. The summed E-state index contributed by atoms with van der Waals surface area (Å²) in [6.45, 7) is 2.65. The van der Waals surface area contributed by atoms with Crippen molar-refractivity contribution < 1.29 is 17.7 Å². The second-order valence-electron chi connectivity index (χ2n) is 5.31. The Bertz CT molecular complexity index is 687. The number of rotatable bonds is 4. The van der Waals surface area contributed by atoms with Gasteiger partial charge in [0.2, 0.25) is 10.0 Å². The number of benzene rings is 1. The Morgan fingerprint density at radius 1 is 1.36 bits per heavy atom. The van der Waals surface area contributed by atoms with E-state index in [0.29, 0.717) is 25.9 Å². The van der Waals surface area contributed by atoms with E-state index >= 15 is 0 Å². The number of piperidine rings is 1. The highest BCUT2D eigenvalue weighted by molar-refractivity contribution is 7.89. The van der Waals surface area contributed by atoms with Crippen molar-refractivity contribution in [3.63, 3.8) is 0 Å². The lowest BCUT2D eigenvalue weighted by Gasteiger charge is -2.30. The fourth-order valence-electron chi connectivity index (χ4n) is 2.51. The van der Waals surface area contributed by atoms with Crippen LogP contribution in [0.4, 0.5) is 10.1 Å². The van der Waals surface area contributed by atoms with E-state index in [0.717, 1.165) is 12.1 Å². The zero-order valence-corrected chi connectivity index (χ0v) is 13.2. The van der Waals surface area contributed by atoms with E-state index in [9.17, 15) is 22.9 Å². The summed E-state index contributed by atoms with van der Waals surface area (Å²) in [5.74, 6) is -0.897. The van der Waals surface area contributed by atoms with Crippen LogP contribution in [0.15, 0.2) is 17.0 Å². The maximum Gasteiger partial charge on any atom is 0.276 e. The Balaban J connectivity index is 2.42. The number of sulfonamides is 1. The fraction of sp³-hybridized carbons (Fsp3) is 0.538. The van der Waals surface area contributed by atoms with Crippen LogP contribution in [0.3, 0.4) is 0 Å². The normalized spacial score (nSPS) is 16.9. The summed E-state index contributed by atoms with van der Waals surface area (Å²) in [6, 6.07) is 1.57. The van der Waals surface area contributed by atoms with Crippen molar-refractivity contribution >= 4 is 15.7 Å². The van der Waals surface area contributed by atoms with Crippen molar-refractivity contribution in [3.05, 3.63) is 33.6 Å². The van der Waals surface area contributed by atoms with E-state index in [-0.39, 0.29) is 16.5 Å². The van der Waals surface area contributed by atoms with E-state index in [1.807, 2.05) is 0 Å². The maximum absolute atomic E-state index is 13.8. The van der Waals surface area contributed by atoms with Crippen LogP contribution in [0.5, 0.6) is 0 Å². The third-order valence-electron chi connectivity index (χ3n) is 3.99. The number of halogens is 1. The molecular weight excluding hydrogens is 313 g/mol. The summed E-state index contributed by atoms with van der Waals surface area (Å²) in [7, 11) is -2.55. The first kappa shape index (κ1) is 16.8. The van der Waals surface area contributed by atoms with Gasteiger partial charge in [-0.3, -0.25) is 10.1 Å². The van der Waals surface area contributed by atoms with Gasteiger partial charge in [0.25, 0.3) is 5.69 Å². The van der Waals surface area contributed by atoms with Gasteiger partial charge in [-0.1, -0.05) is 0 Å². The largest absolute Gasteiger partial charge is 0.317 e. The Kier molecular flexibility index (Phi) is 4.78. The molecule has 0 aliphatic carbocycles. The van der Waals surface area contributed by atoms with Crippen LogP contribution in [0.2, 0.25) is 0 Å². The van der Waals surface area contributed by atoms with Gasteiger partial charge in [0.15, 0.2) is 0 Å². The first-order chi connectivity index (χ1) is 10.2.